The van der Waals surface area contributed by atoms with E-state index in [1.54, 1.807) is 23.9 Å². The largest absolute Gasteiger partial charge is 0.481 e. The van der Waals surface area contributed by atoms with Crippen LogP contribution in [0.15, 0.2) is 53.4 Å². The number of hydrogen-bond acceptors (Lipinski definition) is 4. The van der Waals surface area contributed by atoms with Crippen LogP contribution < -0.4 is 10.6 Å². The summed E-state index contributed by atoms with van der Waals surface area (Å²) < 4.78 is 0. The van der Waals surface area contributed by atoms with Gasteiger partial charge in [-0.2, -0.15) is 0 Å². The number of hydrogen-bond donors (Lipinski definition) is 3. The lowest BCUT2D eigenvalue weighted by Gasteiger charge is -2.40. The molecule has 7 nitrogen and oxygen atoms in total. The number of carboxylic acids is 1. The van der Waals surface area contributed by atoms with Crippen molar-refractivity contribution < 1.29 is 19.5 Å². The Bertz CT molecular complexity index is 1110. The fourth-order valence-electron chi connectivity index (χ4n) is 6.10. The number of nitrogens with one attached hydrogen (secondary N) is 2. The molecule has 4 rings (SSSR count). The van der Waals surface area contributed by atoms with Gasteiger partial charge in [-0.05, 0) is 79.7 Å². The number of urea groups is 1. The van der Waals surface area contributed by atoms with Crippen molar-refractivity contribution in [2.24, 2.45) is 11.8 Å². The Kier molecular flexibility index (Phi) is 12.4. The number of amides is 3. The van der Waals surface area contributed by atoms with E-state index in [9.17, 15) is 14.4 Å². The average molecular weight is 568 g/mol. The standard InChI is InChI=1S/C31H41N3O4S.CH4/c1-39-28-9-5-8-26(20-28)33-31(38)34(27-16-14-24(15-17-27)23-6-3-2-4-7-23)21-22-10-12-25(13-11-22)30(37)32-19-18-29(35)36;/h5,8-13,20,23-24,27H,2-4,6-7,14-19,21H2,1H3,(H,32,37)(H,33,38)(H,35,36);1H4. The molecule has 40 heavy (non-hydrogen) atoms. The Balaban J connectivity index is 0.00000441. The quantitative estimate of drug-likeness (QED) is 0.260. The van der Waals surface area contributed by atoms with E-state index in [1.807, 2.05) is 47.6 Å². The Hall–Kier alpha value is -3.00. The predicted molar refractivity (Wildman–Crippen MR) is 163 cm³/mol. The van der Waals surface area contributed by atoms with Crippen molar-refractivity contribution in [3.8, 4) is 0 Å². The molecule has 2 aliphatic rings. The summed E-state index contributed by atoms with van der Waals surface area (Å²) in [6, 6.07) is 15.2. The van der Waals surface area contributed by atoms with Gasteiger partial charge in [-0.1, -0.05) is 57.7 Å². The molecular formula is C32H45N3O4S. The van der Waals surface area contributed by atoms with Gasteiger partial charge >= 0.3 is 12.0 Å². The number of carbonyl (C=O) groups is 3. The third-order valence-electron chi connectivity index (χ3n) is 8.27. The Morgan fingerprint density at radius 2 is 1.60 bits per heavy atom. The normalized spacial score (nSPS) is 19.2. The van der Waals surface area contributed by atoms with Crippen LogP contribution in [0.5, 0.6) is 0 Å². The fraction of sp³-hybridized carbons (Fsp3) is 0.531. The number of anilines is 1. The fourth-order valence-corrected chi connectivity index (χ4v) is 6.56. The minimum absolute atomic E-state index is 0. The van der Waals surface area contributed by atoms with Gasteiger partial charge < -0.3 is 20.6 Å². The highest BCUT2D eigenvalue weighted by atomic mass is 32.2. The zero-order valence-electron chi connectivity index (χ0n) is 22.9. The SMILES string of the molecule is C.CSc1cccc(NC(=O)N(Cc2ccc(C(=O)NCCC(=O)O)cc2)C2CCC(C3CCCCC3)CC2)c1. The van der Waals surface area contributed by atoms with E-state index in [1.165, 1.54) is 44.9 Å². The van der Waals surface area contributed by atoms with Crippen molar-refractivity contribution in [2.45, 2.75) is 89.1 Å². The van der Waals surface area contributed by atoms with Gasteiger partial charge in [0.25, 0.3) is 5.91 Å². The lowest BCUT2D eigenvalue weighted by molar-refractivity contribution is -0.136. The first-order valence-electron chi connectivity index (χ1n) is 14.2. The molecule has 0 aromatic heterocycles. The first kappa shape index (κ1) is 31.5. The number of thioether (sulfide) groups is 1. The topological polar surface area (TPSA) is 98.7 Å². The average Bonchev–Trinajstić information content (AvgIpc) is 2.96. The molecule has 2 aromatic rings. The summed E-state index contributed by atoms with van der Waals surface area (Å²) in [5.74, 6) is 0.387. The molecule has 8 heteroatoms. The zero-order valence-corrected chi connectivity index (χ0v) is 23.7. The van der Waals surface area contributed by atoms with Crippen molar-refractivity contribution in [1.82, 2.24) is 10.2 Å². The van der Waals surface area contributed by atoms with Gasteiger partial charge in [-0.25, -0.2) is 4.79 Å². The number of carbonyl (C=O) groups excluding carboxylic acids is 2. The highest BCUT2D eigenvalue weighted by Gasteiger charge is 2.33. The molecule has 3 N–H and O–H groups in total. The van der Waals surface area contributed by atoms with Gasteiger partial charge in [0.05, 0.1) is 6.42 Å². The Morgan fingerprint density at radius 1 is 0.925 bits per heavy atom. The van der Waals surface area contributed by atoms with Gasteiger partial charge in [0.2, 0.25) is 0 Å². The maximum Gasteiger partial charge on any atom is 0.322 e. The maximum absolute atomic E-state index is 13.6. The molecular weight excluding hydrogens is 522 g/mol. The zero-order chi connectivity index (χ0) is 27.6. The summed E-state index contributed by atoms with van der Waals surface area (Å²) in [6.07, 6.45) is 13.1. The number of benzene rings is 2. The van der Waals surface area contributed by atoms with Gasteiger partial charge in [-0.15, -0.1) is 11.8 Å². The molecule has 0 bridgehead atoms. The molecule has 0 heterocycles. The summed E-state index contributed by atoms with van der Waals surface area (Å²) in [7, 11) is 0. The van der Waals surface area contributed by atoms with Gasteiger partial charge in [0.1, 0.15) is 0 Å². The minimum atomic E-state index is -0.947. The van der Waals surface area contributed by atoms with Crippen LogP contribution in [-0.2, 0) is 11.3 Å². The highest BCUT2D eigenvalue weighted by molar-refractivity contribution is 7.98. The van der Waals surface area contributed by atoms with E-state index in [0.29, 0.717) is 12.1 Å². The first-order chi connectivity index (χ1) is 18.9. The van der Waals surface area contributed by atoms with Crippen LogP contribution >= 0.6 is 11.8 Å². The van der Waals surface area contributed by atoms with E-state index < -0.39 is 5.97 Å². The summed E-state index contributed by atoms with van der Waals surface area (Å²) >= 11 is 1.65. The highest BCUT2D eigenvalue weighted by Crippen LogP contribution is 2.39. The van der Waals surface area contributed by atoms with Crippen molar-refractivity contribution in [3.63, 3.8) is 0 Å². The van der Waals surface area contributed by atoms with Crippen LogP contribution in [0.25, 0.3) is 0 Å². The van der Waals surface area contributed by atoms with Crippen LogP contribution in [0.2, 0.25) is 0 Å². The Morgan fingerprint density at radius 3 is 2.25 bits per heavy atom. The summed E-state index contributed by atoms with van der Waals surface area (Å²) in [5, 5.41) is 14.5. The summed E-state index contributed by atoms with van der Waals surface area (Å²) in [4.78, 5) is 39.8. The summed E-state index contributed by atoms with van der Waals surface area (Å²) in [5.41, 5.74) is 2.22. The second kappa shape index (κ2) is 15.7. The predicted octanol–water partition coefficient (Wildman–Crippen LogP) is 7.42. The van der Waals surface area contributed by atoms with Crippen LogP contribution in [-0.4, -0.2) is 46.8 Å². The molecule has 0 atom stereocenters. The molecule has 2 aliphatic carbocycles. The Labute approximate surface area is 243 Å². The first-order valence-corrected chi connectivity index (χ1v) is 15.5. The molecule has 0 unspecified atom stereocenters. The lowest BCUT2D eigenvalue weighted by Crippen LogP contribution is -2.44. The molecule has 0 radical (unpaired) electrons. The number of nitrogens with zero attached hydrogens (tertiary/aromatic N) is 1. The molecule has 0 saturated heterocycles. The van der Waals surface area contributed by atoms with Gasteiger partial charge in [0, 0.05) is 35.3 Å². The van der Waals surface area contributed by atoms with Crippen molar-refractivity contribution in [1.29, 1.82) is 0 Å². The van der Waals surface area contributed by atoms with Crippen LogP contribution in [0.1, 0.15) is 87.6 Å². The second-order valence-corrected chi connectivity index (χ2v) is 11.7. The smallest absolute Gasteiger partial charge is 0.322 e. The lowest BCUT2D eigenvalue weighted by atomic mass is 9.72. The molecule has 0 spiro atoms. The minimum Gasteiger partial charge on any atom is -0.481 e. The molecule has 2 saturated carbocycles. The van der Waals surface area contributed by atoms with Gasteiger partial charge in [0.15, 0.2) is 0 Å². The van der Waals surface area contributed by atoms with E-state index in [2.05, 4.69) is 10.6 Å². The summed E-state index contributed by atoms with van der Waals surface area (Å²) in [6.45, 7) is 0.554. The van der Waals surface area contributed by atoms with Crippen LogP contribution in [0, 0.1) is 11.8 Å². The van der Waals surface area contributed by atoms with E-state index in [-0.39, 0.29) is 38.4 Å². The van der Waals surface area contributed by atoms with Gasteiger partial charge in [-0.3, -0.25) is 9.59 Å². The van der Waals surface area contributed by atoms with Crippen molar-refractivity contribution in [2.75, 3.05) is 18.1 Å². The van der Waals surface area contributed by atoms with Crippen molar-refractivity contribution >= 4 is 35.4 Å². The monoisotopic (exact) mass is 567 g/mol. The number of carboxylic acid groups (broad SMARTS) is 1. The molecule has 2 aromatic carbocycles. The van der Waals surface area contributed by atoms with Crippen molar-refractivity contribution in [3.05, 3.63) is 59.7 Å². The van der Waals surface area contributed by atoms with E-state index in [4.69, 9.17) is 5.11 Å². The molecule has 2 fully saturated rings. The maximum atomic E-state index is 13.6. The van der Waals surface area contributed by atoms with E-state index >= 15 is 0 Å². The second-order valence-electron chi connectivity index (χ2n) is 10.9. The third kappa shape index (κ3) is 9.01. The molecule has 0 aliphatic heterocycles. The van der Waals surface area contributed by atoms with Crippen LogP contribution in [0.3, 0.4) is 0 Å². The number of aliphatic carboxylic acids is 1. The molecule has 218 valence electrons. The molecule has 3 amide bonds. The third-order valence-corrected chi connectivity index (χ3v) is 9.00. The van der Waals surface area contributed by atoms with Crippen LogP contribution in [0.4, 0.5) is 10.5 Å². The van der Waals surface area contributed by atoms with E-state index in [0.717, 1.165) is 40.8 Å². The number of rotatable bonds is 10.